The minimum atomic E-state index is -0.414. The van der Waals surface area contributed by atoms with Crippen LogP contribution in [0.4, 0.5) is 16.0 Å². The van der Waals surface area contributed by atoms with E-state index in [9.17, 15) is 14.0 Å². The van der Waals surface area contributed by atoms with E-state index in [1.165, 1.54) is 29.2 Å². The first-order chi connectivity index (χ1) is 16.2. The Bertz CT molecular complexity index is 1260. The Hall–Kier alpha value is -3.72. The smallest absolute Gasteiger partial charge is 0.283 e. The molecule has 0 atom stereocenters. The second kappa shape index (κ2) is 9.64. The van der Waals surface area contributed by atoms with Gasteiger partial charge in [0.2, 0.25) is 11.8 Å². The van der Waals surface area contributed by atoms with Gasteiger partial charge in [-0.3, -0.25) is 19.8 Å². The Balaban J connectivity index is 1.52. The number of anilines is 2. The monoisotopic (exact) mass is 478 g/mol. The zero-order chi connectivity index (χ0) is 24.3. The zero-order valence-corrected chi connectivity index (χ0v) is 19.7. The number of nitrogens with zero attached hydrogens (tertiary/aromatic N) is 3. The van der Waals surface area contributed by atoms with Crippen LogP contribution < -0.4 is 10.2 Å². The Morgan fingerprint density at radius 2 is 1.85 bits per heavy atom. The summed E-state index contributed by atoms with van der Waals surface area (Å²) in [7, 11) is 0. The van der Waals surface area contributed by atoms with Crippen molar-refractivity contribution in [1.82, 2.24) is 5.16 Å². The summed E-state index contributed by atoms with van der Waals surface area (Å²) in [6.07, 6.45) is 1.68. The number of aliphatic imine (C=N–C) groups is 1. The maximum absolute atomic E-state index is 13.5. The third-order valence-electron chi connectivity index (χ3n) is 4.89. The van der Waals surface area contributed by atoms with Crippen LogP contribution in [0.15, 0.2) is 75.9 Å². The third-order valence-corrected chi connectivity index (χ3v) is 5.83. The van der Waals surface area contributed by atoms with Gasteiger partial charge in [0.25, 0.3) is 5.91 Å². The molecule has 174 valence electrons. The minimum Gasteiger partial charge on any atom is -0.338 e. The van der Waals surface area contributed by atoms with E-state index in [1.54, 1.807) is 12.1 Å². The standard InChI is InChI=1S/C25H23FN4O3S/c1-25(2,3)20-14-22(33-29-20)28-21(31)15-34-24-27-19(13-16-7-5-4-6-8-16)23(32)30(24)18-11-9-17(26)10-12-18/h4-14H,15H2,1-3H3,(H,28,31)/b19-13-. The second-order valence-corrected chi connectivity index (χ2v) is 9.56. The molecule has 2 aromatic carbocycles. The highest BCUT2D eigenvalue weighted by Gasteiger charge is 2.32. The number of benzene rings is 2. The number of hydrogen-bond acceptors (Lipinski definition) is 6. The normalized spacial score (nSPS) is 15.1. The lowest BCUT2D eigenvalue weighted by molar-refractivity contribution is -0.114. The van der Waals surface area contributed by atoms with Crippen molar-refractivity contribution in [2.24, 2.45) is 4.99 Å². The summed E-state index contributed by atoms with van der Waals surface area (Å²) in [5, 5.41) is 6.98. The number of aromatic nitrogens is 1. The molecule has 4 rings (SSSR count). The van der Waals surface area contributed by atoms with Gasteiger partial charge in [0.1, 0.15) is 11.5 Å². The number of amidine groups is 1. The van der Waals surface area contributed by atoms with Crippen molar-refractivity contribution < 1.29 is 18.5 Å². The summed E-state index contributed by atoms with van der Waals surface area (Å²) >= 11 is 1.10. The maximum atomic E-state index is 13.5. The van der Waals surface area contributed by atoms with Gasteiger partial charge in [-0.2, -0.15) is 0 Å². The number of hydrogen-bond donors (Lipinski definition) is 1. The lowest BCUT2D eigenvalue weighted by atomic mass is 9.92. The quantitative estimate of drug-likeness (QED) is 0.508. The summed E-state index contributed by atoms with van der Waals surface area (Å²) < 4.78 is 18.7. The van der Waals surface area contributed by atoms with E-state index >= 15 is 0 Å². The minimum absolute atomic E-state index is 0.0199. The van der Waals surface area contributed by atoms with Gasteiger partial charge >= 0.3 is 0 Å². The average Bonchev–Trinajstić information content (AvgIpc) is 3.39. The Morgan fingerprint density at radius 3 is 2.50 bits per heavy atom. The van der Waals surface area contributed by atoms with E-state index in [4.69, 9.17) is 4.52 Å². The summed E-state index contributed by atoms with van der Waals surface area (Å²) in [5.74, 6) is -0.879. The van der Waals surface area contributed by atoms with Crippen LogP contribution in [-0.4, -0.2) is 27.9 Å². The molecular formula is C25H23FN4O3S. The highest BCUT2D eigenvalue weighted by atomic mass is 32.2. The van der Waals surface area contributed by atoms with E-state index in [-0.39, 0.29) is 34.6 Å². The van der Waals surface area contributed by atoms with Crippen molar-refractivity contribution in [2.45, 2.75) is 26.2 Å². The second-order valence-electron chi connectivity index (χ2n) is 8.61. The van der Waals surface area contributed by atoms with Crippen LogP contribution in [0.5, 0.6) is 0 Å². The molecule has 0 saturated carbocycles. The van der Waals surface area contributed by atoms with Gasteiger partial charge in [0.15, 0.2) is 5.17 Å². The summed E-state index contributed by atoms with van der Waals surface area (Å²) in [6, 6.07) is 16.6. The predicted octanol–water partition coefficient (Wildman–Crippen LogP) is 5.23. The van der Waals surface area contributed by atoms with Gasteiger partial charge in [0.05, 0.1) is 17.1 Å². The highest BCUT2D eigenvalue weighted by Crippen LogP contribution is 2.30. The summed E-state index contributed by atoms with van der Waals surface area (Å²) in [5.41, 5.74) is 2.01. The molecule has 1 aliphatic rings. The fourth-order valence-corrected chi connectivity index (χ4v) is 3.92. The Labute approximate surface area is 200 Å². The molecule has 34 heavy (non-hydrogen) atoms. The van der Waals surface area contributed by atoms with Crippen LogP contribution in [0.25, 0.3) is 6.08 Å². The fraction of sp³-hybridized carbons (Fsp3) is 0.200. The van der Waals surface area contributed by atoms with Crippen molar-refractivity contribution >= 4 is 46.4 Å². The number of halogens is 1. The SMILES string of the molecule is CC(C)(C)c1cc(NC(=O)CSC2=N/C(=C\c3ccccc3)C(=O)N2c2ccc(F)cc2)on1. The molecule has 1 aliphatic heterocycles. The van der Waals surface area contributed by atoms with Crippen molar-refractivity contribution in [3.05, 3.63) is 83.4 Å². The third kappa shape index (κ3) is 5.43. The average molecular weight is 479 g/mol. The molecule has 0 saturated heterocycles. The Morgan fingerprint density at radius 1 is 1.15 bits per heavy atom. The van der Waals surface area contributed by atoms with E-state index in [0.717, 1.165) is 23.0 Å². The van der Waals surface area contributed by atoms with Crippen LogP contribution in [-0.2, 0) is 15.0 Å². The zero-order valence-electron chi connectivity index (χ0n) is 18.9. The van der Waals surface area contributed by atoms with E-state index in [2.05, 4.69) is 15.5 Å². The molecule has 0 bridgehead atoms. The number of carbonyl (C=O) groups excluding carboxylic acids is 2. The topological polar surface area (TPSA) is 87.8 Å². The van der Waals surface area contributed by atoms with Gasteiger partial charge in [-0.05, 0) is 35.9 Å². The first-order valence-electron chi connectivity index (χ1n) is 10.6. The number of rotatable bonds is 5. The lowest BCUT2D eigenvalue weighted by Gasteiger charge is -2.17. The van der Waals surface area contributed by atoms with Crippen molar-refractivity contribution in [1.29, 1.82) is 0 Å². The molecule has 9 heteroatoms. The molecular weight excluding hydrogens is 455 g/mol. The summed E-state index contributed by atoms with van der Waals surface area (Å²) in [6.45, 7) is 5.98. The molecule has 2 heterocycles. The van der Waals surface area contributed by atoms with Gasteiger partial charge in [-0.25, -0.2) is 9.38 Å². The molecule has 7 nitrogen and oxygen atoms in total. The van der Waals surface area contributed by atoms with Crippen LogP contribution >= 0.6 is 11.8 Å². The lowest BCUT2D eigenvalue weighted by Crippen LogP contribution is -2.31. The molecule has 0 spiro atoms. The fourth-order valence-electron chi connectivity index (χ4n) is 3.11. The van der Waals surface area contributed by atoms with E-state index in [0.29, 0.717) is 10.9 Å². The van der Waals surface area contributed by atoms with Crippen LogP contribution in [0, 0.1) is 5.82 Å². The highest BCUT2D eigenvalue weighted by molar-refractivity contribution is 8.14. The number of amides is 2. The van der Waals surface area contributed by atoms with Crippen LogP contribution in [0.2, 0.25) is 0 Å². The van der Waals surface area contributed by atoms with E-state index in [1.807, 2.05) is 51.1 Å². The van der Waals surface area contributed by atoms with Crippen LogP contribution in [0.1, 0.15) is 32.0 Å². The van der Waals surface area contributed by atoms with Crippen molar-refractivity contribution in [3.8, 4) is 0 Å². The molecule has 3 aromatic rings. The van der Waals surface area contributed by atoms with Gasteiger partial charge in [-0.1, -0.05) is 68.0 Å². The number of carbonyl (C=O) groups is 2. The molecule has 0 radical (unpaired) electrons. The maximum Gasteiger partial charge on any atom is 0.283 e. The Kier molecular flexibility index (Phi) is 6.65. The first-order valence-corrected chi connectivity index (χ1v) is 11.5. The molecule has 0 unspecified atom stereocenters. The molecule has 1 N–H and O–H groups in total. The predicted molar refractivity (Wildman–Crippen MR) is 132 cm³/mol. The van der Waals surface area contributed by atoms with E-state index < -0.39 is 5.82 Å². The van der Waals surface area contributed by atoms with Gasteiger partial charge < -0.3 is 4.52 Å². The first kappa shape index (κ1) is 23.4. The molecule has 2 amide bonds. The van der Waals surface area contributed by atoms with Gasteiger partial charge in [-0.15, -0.1) is 0 Å². The molecule has 1 aromatic heterocycles. The largest absolute Gasteiger partial charge is 0.338 e. The van der Waals surface area contributed by atoms with Gasteiger partial charge in [0, 0.05) is 11.5 Å². The summed E-state index contributed by atoms with van der Waals surface area (Å²) in [4.78, 5) is 31.5. The van der Waals surface area contributed by atoms with Crippen molar-refractivity contribution in [3.63, 3.8) is 0 Å². The van der Waals surface area contributed by atoms with Crippen molar-refractivity contribution in [2.75, 3.05) is 16.0 Å². The molecule has 0 fully saturated rings. The molecule has 0 aliphatic carbocycles. The number of thioether (sulfide) groups is 1. The number of nitrogens with one attached hydrogen (secondary N) is 1. The van der Waals surface area contributed by atoms with Crippen LogP contribution in [0.3, 0.4) is 0 Å².